The largest absolute Gasteiger partial charge is 0.326 e. The number of nitrogens with one attached hydrogen (secondary N) is 1. The van der Waals surface area contributed by atoms with Crippen LogP contribution in [0.3, 0.4) is 0 Å². The van der Waals surface area contributed by atoms with Gasteiger partial charge < -0.3 is 5.43 Å². The molecule has 0 saturated heterocycles. The predicted octanol–water partition coefficient (Wildman–Crippen LogP) is -0.240. The highest BCUT2D eigenvalue weighted by atomic mass is 15.5. The van der Waals surface area contributed by atoms with Gasteiger partial charge in [-0.3, -0.25) is 0 Å². The predicted molar refractivity (Wildman–Crippen MR) is 30.0 cm³/mol. The Morgan fingerprint density at radius 2 is 2.50 bits per heavy atom. The quantitative estimate of drug-likeness (QED) is 0.545. The molecule has 1 aromatic heterocycles. The molecule has 8 heavy (non-hydrogen) atoms. The molecule has 0 amide bonds. The molecule has 1 rings (SSSR count). The van der Waals surface area contributed by atoms with Crippen molar-refractivity contribution in [1.82, 2.24) is 14.9 Å². The van der Waals surface area contributed by atoms with Gasteiger partial charge in [0.25, 0.3) is 0 Å². The number of hydrogen-bond donors (Lipinski definition) is 1. The van der Waals surface area contributed by atoms with E-state index in [0.29, 0.717) is 0 Å². The van der Waals surface area contributed by atoms with Gasteiger partial charge in [-0.05, 0) is 6.92 Å². The van der Waals surface area contributed by atoms with E-state index in [4.69, 9.17) is 0 Å². The van der Waals surface area contributed by atoms with E-state index in [1.165, 1.54) is 0 Å². The molecule has 1 aromatic rings. The fourth-order valence-electron chi connectivity index (χ4n) is 0.512. The second-order valence-electron chi connectivity index (χ2n) is 1.47. The molecule has 4 heteroatoms. The molecule has 0 atom stereocenters. The van der Waals surface area contributed by atoms with Crippen LogP contribution in [0.25, 0.3) is 0 Å². The standard InChI is InChI=1S/C4H8N4/c1-4-7-6-3-8(4)5-2/h3,5H,1-2H3. The van der Waals surface area contributed by atoms with Crippen molar-refractivity contribution in [2.45, 2.75) is 6.92 Å². The van der Waals surface area contributed by atoms with E-state index in [1.54, 1.807) is 11.0 Å². The zero-order valence-corrected chi connectivity index (χ0v) is 4.92. The minimum atomic E-state index is 0.868. The normalized spacial score (nSPS) is 9.25. The molecule has 0 radical (unpaired) electrons. The number of aryl methyl sites for hydroxylation is 1. The van der Waals surface area contributed by atoms with E-state index >= 15 is 0 Å². The molecule has 44 valence electrons. The molecule has 0 spiro atoms. The van der Waals surface area contributed by atoms with Gasteiger partial charge in [0.05, 0.1) is 0 Å². The van der Waals surface area contributed by atoms with Crippen LogP contribution in [0, 0.1) is 6.92 Å². The van der Waals surface area contributed by atoms with E-state index in [-0.39, 0.29) is 0 Å². The lowest BCUT2D eigenvalue weighted by atomic mass is 10.7. The molecular formula is C4H8N4. The molecule has 0 saturated carbocycles. The average molecular weight is 112 g/mol. The molecule has 0 aliphatic carbocycles. The fourth-order valence-corrected chi connectivity index (χ4v) is 0.512. The number of hydrogen-bond acceptors (Lipinski definition) is 3. The van der Waals surface area contributed by atoms with Crippen LogP contribution in [0.15, 0.2) is 6.33 Å². The van der Waals surface area contributed by atoms with E-state index in [1.807, 2.05) is 14.0 Å². The first-order chi connectivity index (χ1) is 3.84. The highest BCUT2D eigenvalue weighted by molar-refractivity contribution is 4.82. The maximum Gasteiger partial charge on any atom is 0.148 e. The summed E-state index contributed by atoms with van der Waals surface area (Å²) in [6.45, 7) is 1.88. The third kappa shape index (κ3) is 0.641. The SMILES string of the molecule is CNn1cnnc1C. The van der Waals surface area contributed by atoms with E-state index < -0.39 is 0 Å². The van der Waals surface area contributed by atoms with Crippen LogP contribution >= 0.6 is 0 Å². The lowest BCUT2D eigenvalue weighted by Crippen LogP contribution is -2.08. The van der Waals surface area contributed by atoms with Gasteiger partial charge in [0.15, 0.2) is 0 Å². The van der Waals surface area contributed by atoms with Crippen molar-refractivity contribution in [1.29, 1.82) is 0 Å². The summed E-state index contributed by atoms with van der Waals surface area (Å²) in [5.74, 6) is 0.868. The second-order valence-corrected chi connectivity index (χ2v) is 1.47. The lowest BCUT2D eigenvalue weighted by molar-refractivity contribution is 0.869. The minimum Gasteiger partial charge on any atom is -0.326 e. The number of rotatable bonds is 1. The first kappa shape index (κ1) is 5.08. The summed E-state index contributed by atoms with van der Waals surface area (Å²) in [6, 6.07) is 0. The number of aromatic nitrogens is 3. The lowest BCUT2D eigenvalue weighted by Gasteiger charge is -1.97. The molecular weight excluding hydrogens is 104 g/mol. The van der Waals surface area contributed by atoms with Crippen LogP contribution in [-0.2, 0) is 0 Å². The monoisotopic (exact) mass is 112 g/mol. The van der Waals surface area contributed by atoms with Crippen molar-refractivity contribution in [3.05, 3.63) is 12.2 Å². The average Bonchev–Trinajstić information content (AvgIpc) is 2.14. The Hall–Kier alpha value is -1.06. The van der Waals surface area contributed by atoms with E-state index in [0.717, 1.165) is 5.82 Å². The van der Waals surface area contributed by atoms with Crippen LogP contribution in [0.4, 0.5) is 0 Å². The Morgan fingerprint density at radius 1 is 1.75 bits per heavy atom. The first-order valence-electron chi connectivity index (χ1n) is 2.39. The molecule has 0 fully saturated rings. The maximum atomic E-state index is 3.74. The second kappa shape index (κ2) is 1.81. The summed E-state index contributed by atoms with van der Waals surface area (Å²) in [4.78, 5) is 0. The van der Waals surface area contributed by atoms with Crippen molar-refractivity contribution < 1.29 is 0 Å². The summed E-state index contributed by atoms with van der Waals surface area (Å²) in [5, 5.41) is 7.38. The summed E-state index contributed by atoms with van der Waals surface area (Å²) in [5.41, 5.74) is 2.87. The first-order valence-corrected chi connectivity index (χ1v) is 2.39. The summed E-state index contributed by atoms with van der Waals surface area (Å²) >= 11 is 0. The highest BCUT2D eigenvalue weighted by Crippen LogP contribution is 1.83. The fraction of sp³-hybridized carbons (Fsp3) is 0.500. The highest BCUT2D eigenvalue weighted by Gasteiger charge is 1.89. The van der Waals surface area contributed by atoms with E-state index in [9.17, 15) is 0 Å². The van der Waals surface area contributed by atoms with Crippen molar-refractivity contribution in [3.63, 3.8) is 0 Å². The van der Waals surface area contributed by atoms with Crippen molar-refractivity contribution in [2.24, 2.45) is 0 Å². The molecule has 1 N–H and O–H groups in total. The van der Waals surface area contributed by atoms with Gasteiger partial charge >= 0.3 is 0 Å². The van der Waals surface area contributed by atoms with Crippen LogP contribution in [0.1, 0.15) is 5.82 Å². The topological polar surface area (TPSA) is 42.7 Å². The van der Waals surface area contributed by atoms with Crippen LogP contribution in [0.5, 0.6) is 0 Å². The van der Waals surface area contributed by atoms with Crippen LogP contribution in [-0.4, -0.2) is 21.9 Å². The molecule has 0 unspecified atom stereocenters. The minimum absolute atomic E-state index is 0.868. The molecule has 0 aliphatic rings. The molecule has 0 bridgehead atoms. The third-order valence-electron chi connectivity index (χ3n) is 0.959. The Kier molecular flexibility index (Phi) is 1.15. The van der Waals surface area contributed by atoms with Gasteiger partial charge in [0.1, 0.15) is 12.2 Å². The van der Waals surface area contributed by atoms with E-state index in [2.05, 4.69) is 15.6 Å². The van der Waals surface area contributed by atoms with Crippen LogP contribution < -0.4 is 5.43 Å². The zero-order valence-electron chi connectivity index (χ0n) is 4.92. The third-order valence-corrected chi connectivity index (χ3v) is 0.959. The van der Waals surface area contributed by atoms with Crippen LogP contribution in [0.2, 0.25) is 0 Å². The molecule has 1 heterocycles. The maximum absolute atomic E-state index is 3.74. The smallest absolute Gasteiger partial charge is 0.148 e. The zero-order chi connectivity index (χ0) is 5.98. The molecule has 0 aromatic carbocycles. The van der Waals surface area contributed by atoms with Gasteiger partial charge in [0.2, 0.25) is 0 Å². The summed E-state index contributed by atoms with van der Waals surface area (Å²) < 4.78 is 1.74. The molecule has 0 aliphatic heterocycles. The van der Waals surface area contributed by atoms with Crippen molar-refractivity contribution >= 4 is 0 Å². The Labute approximate surface area is 47.5 Å². The van der Waals surface area contributed by atoms with Gasteiger partial charge in [-0.15, -0.1) is 10.2 Å². The Morgan fingerprint density at radius 3 is 2.75 bits per heavy atom. The Balaban J connectivity index is 2.92. The van der Waals surface area contributed by atoms with Gasteiger partial charge in [-0.1, -0.05) is 0 Å². The molecule has 4 nitrogen and oxygen atoms in total. The van der Waals surface area contributed by atoms with Gasteiger partial charge in [-0.2, -0.15) is 0 Å². The summed E-state index contributed by atoms with van der Waals surface area (Å²) in [6.07, 6.45) is 1.62. The van der Waals surface area contributed by atoms with Crippen molar-refractivity contribution in [2.75, 3.05) is 12.5 Å². The number of nitrogens with zero attached hydrogens (tertiary/aromatic N) is 3. The van der Waals surface area contributed by atoms with Crippen molar-refractivity contribution in [3.8, 4) is 0 Å². The Bertz CT molecular complexity index is 168. The van der Waals surface area contributed by atoms with Gasteiger partial charge in [-0.25, -0.2) is 4.68 Å². The summed E-state index contributed by atoms with van der Waals surface area (Å²) in [7, 11) is 1.82. The van der Waals surface area contributed by atoms with Gasteiger partial charge in [0, 0.05) is 7.05 Å².